The number of thiophene rings is 1. The molecule has 238 valence electrons. The zero-order chi connectivity index (χ0) is 33.1. The van der Waals surface area contributed by atoms with Gasteiger partial charge in [0.25, 0.3) is 5.56 Å². The standard InChI is InChI=1S/C25H29FN6O4S.C5H10O2/c1-14(2)29-23(34)25(4,5)31-20(33)19-15(3)21(32-27-10-11-28-32)37-22(19)30(24(31)35)12-9-16-13-17(26)7-8-18(16)36-6;1-4(6)5(2,3)7/h7-8,10-11,13-14H,9,12H2,1-6H3,(H,29,34);7H,1-3H3. The van der Waals surface area contributed by atoms with Crippen LogP contribution in [0.15, 0.2) is 40.2 Å². The number of benzene rings is 1. The van der Waals surface area contributed by atoms with E-state index in [1.807, 2.05) is 0 Å². The van der Waals surface area contributed by atoms with Crippen molar-refractivity contribution in [2.24, 2.45) is 0 Å². The van der Waals surface area contributed by atoms with Gasteiger partial charge in [-0.1, -0.05) is 11.3 Å². The molecule has 1 aromatic carbocycles. The number of ether oxygens (including phenoxy) is 1. The highest BCUT2D eigenvalue weighted by molar-refractivity contribution is 7.21. The molecule has 4 rings (SSSR count). The molecule has 0 saturated heterocycles. The molecule has 0 fully saturated rings. The van der Waals surface area contributed by atoms with E-state index in [0.29, 0.717) is 32.1 Å². The van der Waals surface area contributed by atoms with Gasteiger partial charge in [0.1, 0.15) is 32.5 Å². The van der Waals surface area contributed by atoms with Gasteiger partial charge in [-0.15, -0.1) is 4.80 Å². The summed E-state index contributed by atoms with van der Waals surface area (Å²) < 4.78 is 21.8. The summed E-state index contributed by atoms with van der Waals surface area (Å²) in [5, 5.41) is 20.8. The van der Waals surface area contributed by atoms with E-state index in [9.17, 15) is 23.6 Å². The van der Waals surface area contributed by atoms with E-state index in [0.717, 1.165) is 4.57 Å². The quantitative estimate of drug-likeness (QED) is 0.287. The Morgan fingerprint density at radius 3 is 2.25 bits per heavy atom. The zero-order valence-corrected chi connectivity index (χ0v) is 27.2. The number of amides is 1. The second-order valence-electron chi connectivity index (χ2n) is 11.6. The van der Waals surface area contributed by atoms with Crippen molar-refractivity contribution in [3.05, 3.63) is 68.4 Å². The predicted molar refractivity (Wildman–Crippen MR) is 166 cm³/mol. The third-order valence-electron chi connectivity index (χ3n) is 7.03. The SMILES string of the molecule is CC(=O)C(C)(C)O.COc1ccc(F)cc1CCn1c(=O)n(C(C)(C)C(=O)NC(C)C)c(=O)c2c(C)c(-n3nccn3)sc21. The van der Waals surface area contributed by atoms with E-state index in [1.165, 1.54) is 93.0 Å². The number of hydrogen-bond donors (Lipinski definition) is 2. The number of aromatic nitrogens is 5. The first kappa shape index (κ1) is 34.3. The molecule has 0 aliphatic heterocycles. The van der Waals surface area contributed by atoms with Crippen molar-refractivity contribution >= 4 is 33.2 Å². The molecule has 0 bridgehead atoms. The van der Waals surface area contributed by atoms with Gasteiger partial charge < -0.3 is 15.2 Å². The summed E-state index contributed by atoms with van der Waals surface area (Å²) in [5.41, 5.74) is -2.68. The molecule has 44 heavy (non-hydrogen) atoms. The van der Waals surface area contributed by atoms with E-state index in [4.69, 9.17) is 9.84 Å². The average molecular weight is 631 g/mol. The molecule has 12 nitrogen and oxygen atoms in total. The van der Waals surface area contributed by atoms with Crippen molar-refractivity contribution < 1.29 is 23.8 Å². The van der Waals surface area contributed by atoms with Gasteiger partial charge in [0.05, 0.1) is 24.9 Å². The fraction of sp³-hybridized carbons (Fsp3) is 0.467. The molecule has 0 aliphatic rings. The Kier molecular flexibility index (Phi) is 10.3. The van der Waals surface area contributed by atoms with E-state index in [1.54, 1.807) is 20.8 Å². The number of carbonyl (C=O) groups excluding carboxylic acids is 2. The largest absolute Gasteiger partial charge is 0.496 e. The molecule has 2 N–H and O–H groups in total. The summed E-state index contributed by atoms with van der Waals surface area (Å²) in [6.45, 7) is 12.9. The summed E-state index contributed by atoms with van der Waals surface area (Å²) in [5.74, 6) is -0.600. The molecule has 3 aromatic heterocycles. The summed E-state index contributed by atoms with van der Waals surface area (Å²) in [4.78, 5) is 52.9. The van der Waals surface area contributed by atoms with Crippen LogP contribution in [0.5, 0.6) is 5.75 Å². The maximum absolute atomic E-state index is 14.0. The van der Waals surface area contributed by atoms with Crippen LogP contribution in [0.4, 0.5) is 4.39 Å². The fourth-order valence-electron chi connectivity index (χ4n) is 4.25. The maximum atomic E-state index is 14.0. The first-order valence-corrected chi connectivity index (χ1v) is 14.8. The Bertz CT molecular complexity index is 1780. The van der Waals surface area contributed by atoms with Crippen LogP contribution in [0.25, 0.3) is 15.2 Å². The van der Waals surface area contributed by atoms with Crippen LogP contribution in [0.1, 0.15) is 59.6 Å². The van der Waals surface area contributed by atoms with Crippen molar-refractivity contribution in [3.8, 4) is 10.8 Å². The van der Waals surface area contributed by atoms with Gasteiger partial charge in [-0.3, -0.25) is 19.0 Å². The number of ketones is 1. The molecule has 3 heterocycles. The number of fused-ring (bicyclic) bond motifs is 1. The number of methoxy groups -OCH3 is 1. The monoisotopic (exact) mass is 630 g/mol. The van der Waals surface area contributed by atoms with Crippen molar-refractivity contribution in [3.63, 3.8) is 0 Å². The van der Waals surface area contributed by atoms with Gasteiger partial charge in [0.15, 0.2) is 5.78 Å². The molecule has 0 atom stereocenters. The molecule has 0 spiro atoms. The van der Waals surface area contributed by atoms with Crippen LogP contribution in [-0.4, -0.2) is 59.7 Å². The van der Waals surface area contributed by atoms with Crippen molar-refractivity contribution in [1.29, 1.82) is 0 Å². The molecule has 0 radical (unpaired) electrons. The molecule has 0 unspecified atom stereocenters. The number of carbonyl (C=O) groups is 2. The molecular weight excluding hydrogens is 591 g/mol. The first-order valence-electron chi connectivity index (χ1n) is 13.9. The number of hydrogen-bond acceptors (Lipinski definition) is 9. The molecule has 14 heteroatoms. The summed E-state index contributed by atoms with van der Waals surface area (Å²) in [6, 6.07) is 4.00. The highest BCUT2D eigenvalue weighted by Crippen LogP contribution is 2.31. The van der Waals surface area contributed by atoms with Gasteiger partial charge in [0, 0.05) is 18.2 Å². The zero-order valence-electron chi connectivity index (χ0n) is 26.4. The number of aryl methyl sites for hydroxylation is 3. The number of aliphatic hydroxyl groups is 1. The average Bonchev–Trinajstić information content (AvgIpc) is 3.56. The number of nitrogens with one attached hydrogen (secondary N) is 1. The summed E-state index contributed by atoms with van der Waals surface area (Å²) >= 11 is 1.20. The van der Waals surface area contributed by atoms with Crippen molar-refractivity contribution in [1.82, 2.24) is 29.4 Å². The minimum absolute atomic E-state index is 0.114. The first-order chi connectivity index (χ1) is 20.4. The van der Waals surface area contributed by atoms with Crippen LogP contribution >= 0.6 is 11.3 Å². The second-order valence-corrected chi connectivity index (χ2v) is 12.6. The fourth-order valence-corrected chi connectivity index (χ4v) is 5.49. The summed E-state index contributed by atoms with van der Waals surface area (Å²) in [6.07, 6.45) is 3.29. The smallest absolute Gasteiger partial charge is 0.333 e. The third-order valence-corrected chi connectivity index (χ3v) is 8.31. The van der Waals surface area contributed by atoms with Crippen LogP contribution in [0.3, 0.4) is 0 Å². The van der Waals surface area contributed by atoms with E-state index in [-0.39, 0.29) is 24.8 Å². The Morgan fingerprint density at radius 1 is 1.14 bits per heavy atom. The minimum Gasteiger partial charge on any atom is -0.496 e. The van der Waals surface area contributed by atoms with Gasteiger partial charge >= 0.3 is 5.69 Å². The van der Waals surface area contributed by atoms with Gasteiger partial charge in [-0.25, -0.2) is 13.8 Å². The van der Waals surface area contributed by atoms with E-state index < -0.39 is 34.1 Å². The van der Waals surface area contributed by atoms with Crippen molar-refractivity contribution in [2.45, 2.75) is 85.5 Å². The number of rotatable bonds is 9. The molecule has 4 aromatic rings. The molecule has 1 amide bonds. The Balaban J connectivity index is 0.000000676. The van der Waals surface area contributed by atoms with E-state index in [2.05, 4.69) is 15.5 Å². The topological polar surface area (TPSA) is 150 Å². The minimum atomic E-state index is -1.48. The van der Waals surface area contributed by atoms with Crippen LogP contribution in [-0.2, 0) is 28.1 Å². The lowest BCUT2D eigenvalue weighted by molar-refractivity contribution is -0.131. The van der Waals surface area contributed by atoms with Gasteiger partial charge in [-0.05, 0) is 85.6 Å². The highest BCUT2D eigenvalue weighted by Gasteiger charge is 2.35. The number of halogens is 1. The van der Waals surface area contributed by atoms with E-state index >= 15 is 0 Å². The summed E-state index contributed by atoms with van der Waals surface area (Å²) in [7, 11) is 1.49. The lowest BCUT2D eigenvalue weighted by Gasteiger charge is -2.27. The number of nitrogens with zero attached hydrogens (tertiary/aromatic N) is 5. The Hall–Kier alpha value is -4.17. The molecule has 0 aliphatic carbocycles. The molecular formula is C30H39FN6O6S. The third kappa shape index (κ3) is 7.13. The van der Waals surface area contributed by atoms with Gasteiger partial charge in [0.2, 0.25) is 5.91 Å². The predicted octanol–water partition coefficient (Wildman–Crippen LogP) is 3.11. The Labute approximate surface area is 258 Å². The maximum Gasteiger partial charge on any atom is 0.333 e. The van der Waals surface area contributed by atoms with Crippen LogP contribution in [0.2, 0.25) is 0 Å². The lowest BCUT2D eigenvalue weighted by atomic mass is 10.0. The normalized spacial score (nSPS) is 11.8. The second kappa shape index (κ2) is 13.2. The highest BCUT2D eigenvalue weighted by atomic mass is 32.1. The van der Waals surface area contributed by atoms with Crippen molar-refractivity contribution in [2.75, 3.05) is 7.11 Å². The van der Waals surface area contributed by atoms with Crippen LogP contribution < -0.4 is 21.3 Å². The molecule has 0 saturated carbocycles. The number of Topliss-reactive ketones (excluding diaryl/α,β-unsaturated/α-hetero) is 1. The lowest BCUT2D eigenvalue weighted by Crippen LogP contribution is -2.56. The van der Waals surface area contributed by atoms with Crippen LogP contribution in [0, 0.1) is 12.7 Å². The van der Waals surface area contributed by atoms with Gasteiger partial charge in [-0.2, -0.15) is 10.2 Å². The Morgan fingerprint density at radius 2 is 1.73 bits per heavy atom.